The second-order valence-electron chi connectivity index (χ2n) is 9.41. The number of hydrogen-bond donors (Lipinski definition) is 1. The van der Waals surface area contributed by atoms with E-state index in [1.165, 1.54) is 6.07 Å². The minimum atomic E-state index is -4.26. The molecule has 8 nitrogen and oxygen atoms in total. The molecular weight excluding hydrogens is 516 g/mol. The van der Waals surface area contributed by atoms with Crippen molar-refractivity contribution >= 4 is 26.7 Å². The molecule has 0 atom stereocenters. The molecular formula is C30H34N2O6S. The standard InChI is InChI=1S/C30H34N2O6S/c1-22-4-12-29(39(33,34)35)26(20-22)14-15-36-16-17-37-18-19-38-30-13-8-25-21-24(7-11-28(25)31-30)23-5-9-27(10-6-23)32(2)3/h4-13,20-21H,14-19H2,1-3H3,(H,33,34,35). The number of aryl methyl sites for hydroxylation is 1. The Balaban J connectivity index is 1.17. The van der Waals surface area contributed by atoms with Crippen LogP contribution in [0.3, 0.4) is 0 Å². The molecule has 1 heterocycles. The molecule has 0 bridgehead atoms. The smallest absolute Gasteiger partial charge is 0.294 e. The van der Waals surface area contributed by atoms with Gasteiger partial charge in [0.05, 0.1) is 36.8 Å². The molecule has 0 aliphatic carbocycles. The zero-order valence-corrected chi connectivity index (χ0v) is 23.3. The summed E-state index contributed by atoms with van der Waals surface area (Å²) in [5.41, 5.74) is 5.76. The SMILES string of the molecule is Cc1ccc(S(=O)(=O)O)c(CCOCCOCCOc2ccc3cc(-c4ccc(N(C)C)cc4)ccc3n2)c1. The van der Waals surface area contributed by atoms with Crippen LogP contribution in [0.15, 0.2) is 77.7 Å². The fourth-order valence-corrected chi connectivity index (χ4v) is 4.92. The van der Waals surface area contributed by atoms with Crippen LogP contribution in [0, 0.1) is 6.92 Å². The number of rotatable bonds is 13. The fourth-order valence-electron chi connectivity index (χ4n) is 4.18. The Labute approximate surface area is 229 Å². The van der Waals surface area contributed by atoms with Crippen molar-refractivity contribution in [2.45, 2.75) is 18.2 Å². The summed E-state index contributed by atoms with van der Waals surface area (Å²) in [4.78, 5) is 6.59. The number of ether oxygens (including phenoxy) is 3. The molecule has 0 radical (unpaired) electrons. The third-order valence-corrected chi connectivity index (χ3v) is 7.19. The maximum atomic E-state index is 11.5. The van der Waals surface area contributed by atoms with Crippen LogP contribution >= 0.6 is 0 Å². The molecule has 0 spiro atoms. The minimum absolute atomic E-state index is 0.0808. The van der Waals surface area contributed by atoms with Gasteiger partial charge in [-0.05, 0) is 66.4 Å². The molecule has 39 heavy (non-hydrogen) atoms. The van der Waals surface area contributed by atoms with Gasteiger partial charge in [-0.15, -0.1) is 0 Å². The quantitative estimate of drug-likeness (QED) is 0.180. The molecule has 0 fully saturated rings. The van der Waals surface area contributed by atoms with Crippen LogP contribution in [0.25, 0.3) is 22.0 Å². The molecule has 206 valence electrons. The van der Waals surface area contributed by atoms with E-state index in [1.54, 1.807) is 12.1 Å². The van der Waals surface area contributed by atoms with E-state index < -0.39 is 10.1 Å². The van der Waals surface area contributed by atoms with Crippen molar-refractivity contribution in [1.82, 2.24) is 4.98 Å². The zero-order valence-electron chi connectivity index (χ0n) is 22.5. The monoisotopic (exact) mass is 550 g/mol. The Morgan fingerprint density at radius 1 is 0.795 bits per heavy atom. The van der Waals surface area contributed by atoms with Gasteiger partial charge >= 0.3 is 0 Å². The van der Waals surface area contributed by atoms with Gasteiger partial charge in [0.15, 0.2) is 0 Å². The van der Waals surface area contributed by atoms with E-state index in [2.05, 4.69) is 46.3 Å². The largest absolute Gasteiger partial charge is 0.475 e. The number of nitrogens with zero attached hydrogens (tertiary/aromatic N) is 2. The second kappa shape index (κ2) is 13.0. The Morgan fingerprint density at radius 2 is 1.49 bits per heavy atom. The first-order valence-corrected chi connectivity index (χ1v) is 14.2. The van der Waals surface area contributed by atoms with Gasteiger partial charge in [-0.3, -0.25) is 4.55 Å². The average molecular weight is 551 g/mol. The highest BCUT2D eigenvalue weighted by Gasteiger charge is 2.15. The second-order valence-corrected chi connectivity index (χ2v) is 10.8. The predicted molar refractivity (Wildman–Crippen MR) is 153 cm³/mol. The average Bonchev–Trinajstić information content (AvgIpc) is 2.91. The molecule has 0 amide bonds. The van der Waals surface area contributed by atoms with Gasteiger partial charge < -0.3 is 19.1 Å². The van der Waals surface area contributed by atoms with Crippen LogP contribution in [0.5, 0.6) is 5.88 Å². The normalized spacial score (nSPS) is 11.6. The Kier molecular flexibility index (Phi) is 9.53. The molecule has 3 aromatic carbocycles. The summed E-state index contributed by atoms with van der Waals surface area (Å²) < 4.78 is 49.3. The van der Waals surface area contributed by atoms with Gasteiger partial charge in [0, 0.05) is 31.2 Å². The predicted octanol–water partition coefficient (Wildman–Crippen LogP) is 5.18. The number of anilines is 1. The van der Waals surface area contributed by atoms with Gasteiger partial charge in [0.25, 0.3) is 10.1 Å². The molecule has 4 aromatic rings. The van der Waals surface area contributed by atoms with Gasteiger partial charge in [-0.1, -0.05) is 35.9 Å². The molecule has 4 rings (SSSR count). The lowest BCUT2D eigenvalue weighted by atomic mass is 10.0. The van der Waals surface area contributed by atoms with Crippen molar-refractivity contribution in [3.05, 3.63) is 83.9 Å². The van der Waals surface area contributed by atoms with E-state index in [9.17, 15) is 13.0 Å². The fraction of sp³-hybridized carbons (Fsp3) is 0.300. The van der Waals surface area contributed by atoms with Gasteiger partial charge in [-0.25, -0.2) is 4.98 Å². The van der Waals surface area contributed by atoms with Gasteiger partial charge in [0.2, 0.25) is 5.88 Å². The molecule has 0 aliphatic rings. The van der Waals surface area contributed by atoms with Crippen LogP contribution in [0.2, 0.25) is 0 Å². The molecule has 9 heteroatoms. The van der Waals surface area contributed by atoms with E-state index in [0.29, 0.717) is 50.9 Å². The summed E-state index contributed by atoms with van der Waals surface area (Å²) in [5, 5.41) is 1.04. The summed E-state index contributed by atoms with van der Waals surface area (Å²) >= 11 is 0. The first kappa shape index (κ1) is 28.5. The molecule has 0 aliphatic heterocycles. The summed E-state index contributed by atoms with van der Waals surface area (Å²) in [6.45, 7) is 3.67. The van der Waals surface area contributed by atoms with E-state index in [-0.39, 0.29) is 4.90 Å². The zero-order chi connectivity index (χ0) is 27.8. The van der Waals surface area contributed by atoms with Crippen molar-refractivity contribution in [1.29, 1.82) is 0 Å². The Bertz CT molecular complexity index is 1500. The molecule has 1 N–H and O–H groups in total. The molecule has 0 saturated heterocycles. The van der Waals surface area contributed by atoms with Gasteiger partial charge in [-0.2, -0.15) is 8.42 Å². The number of fused-ring (bicyclic) bond motifs is 1. The van der Waals surface area contributed by atoms with Crippen LogP contribution in [-0.2, 0) is 26.0 Å². The number of pyridine rings is 1. The lowest BCUT2D eigenvalue weighted by Crippen LogP contribution is -2.12. The van der Waals surface area contributed by atoms with Crippen LogP contribution in [0.4, 0.5) is 5.69 Å². The van der Waals surface area contributed by atoms with Crippen LogP contribution < -0.4 is 9.64 Å². The molecule has 0 unspecified atom stereocenters. The minimum Gasteiger partial charge on any atom is -0.475 e. The molecule has 1 aromatic heterocycles. The third kappa shape index (κ3) is 8.00. The third-order valence-electron chi connectivity index (χ3n) is 6.24. The Morgan fingerprint density at radius 3 is 2.21 bits per heavy atom. The van der Waals surface area contributed by atoms with Crippen molar-refractivity contribution in [2.24, 2.45) is 0 Å². The van der Waals surface area contributed by atoms with E-state index in [0.717, 1.165) is 33.3 Å². The summed E-state index contributed by atoms with van der Waals surface area (Å²) in [5.74, 6) is 0.540. The highest BCUT2D eigenvalue weighted by Crippen LogP contribution is 2.26. The van der Waals surface area contributed by atoms with E-state index in [4.69, 9.17) is 14.2 Å². The van der Waals surface area contributed by atoms with E-state index >= 15 is 0 Å². The highest BCUT2D eigenvalue weighted by atomic mass is 32.2. The first-order valence-electron chi connectivity index (χ1n) is 12.7. The Hall–Kier alpha value is -3.50. The maximum Gasteiger partial charge on any atom is 0.294 e. The number of aromatic nitrogens is 1. The van der Waals surface area contributed by atoms with Gasteiger partial charge in [0.1, 0.15) is 6.61 Å². The lowest BCUT2D eigenvalue weighted by Gasteiger charge is -2.13. The lowest BCUT2D eigenvalue weighted by molar-refractivity contribution is 0.0367. The first-order chi connectivity index (χ1) is 18.7. The highest BCUT2D eigenvalue weighted by molar-refractivity contribution is 7.85. The van der Waals surface area contributed by atoms with Crippen molar-refractivity contribution < 1.29 is 27.2 Å². The van der Waals surface area contributed by atoms with Crippen LogP contribution in [0.1, 0.15) is 11.1 Å². The van der Waals surface area contributed by atoms with Crippen molar-refractivity contribution in [3.63, 3.8) is 0 Å². The van der Waals surface area contributed by atoms with Crippen molar-refractivity contribution in [2.75, 3.05) is 52.0 Å². The number of benzene rings is 3. The van der Waals surface area contributed by atoms with Crippen LogP contribution in [-0.4, -0.2) is 65.1 Å². The maximum absolute atomic E-state index is 11.5. The number of hydrogen-bond acceptors (Lipinski definition) is 7. The summed E-state index contributed by atoms with van der Waals surface area (Å²) in [7, 11) is -0.206. The van der Waals surface area contributed by atoms with E-state index in [1.807, 2.05) is 39.2 Å². The van der Waals surface area contributed by atoms with Crippen molar-refractivity contribution in [3.8, 4) is 17.0 Å². The molecule has 0 saturated carbocycles. The topological polar surface area (TPSA) is 98.2 Å². The summed E-state index contributed by atoms with van der Waals surface area (Å²) in [6, 6.07) is 23.3. The summed E-state index contributed by atoms with van der Waals surface area (Å²) in [6.07, 6.45) is 0.373.